The summed E-state index contributed by atoms with van der Waals surface area (Å²) in [6, 6.07) is 31.5. The Morgan fingerprint density at radius 3 is 2.00 bits per heavy atom. The van der Waals surface area contributed by atoms with Crippen LogP contribution in [0.15, 0.2) is 103 Å². The highest BCUT2D eigenvalue weighted by atomic mass is 16.3. The highest BCUT2D eigenvalue weighted by molar-refractivity contribution is 5.92. The third-order valence-corrected chi connectivity index (χ3v) is 7.07. The van der Waals surface area contributed by atoms with E-state index in [4.69, 9.17) is 0 Å². The summed E-state index contributed by atoms with van der Waals surface area (Å²) < 4.78 is 0. The van der Waals surface area contributed by atoms with Gasteiger partial charge in [-0.2, -0.15) is 0 Å². The first kappa shape index (κ1) is 24.5. The molecule has 4 aromatic rings. The molecule has 5 rings (SSSR count). The number of fused-ring (bicyclic) bond motifs is 1. The smallest absolute Gasteiger partial charge is 0.321 e. The van der Waals surface area contributed by atoms with Crippen LogP contribution in [-0.4, -0.2) is 45.5 Å². The number of nitrogens with one attached hydrogen (secondary N) is 1. The Labute approximate surface area is 217 Å². The van der Waals surface area contributed by atoms with Gasteiger partial charge in [0.2, 0.25) is 5.91 Å². The summed E-state index contributed by atoms with van der Waals surface area (Å²) in [5.41, 5.74) is 2.85. The first-order chi connectivity index (χ1) is 18.0. The standard InChI is InChI=1S/C31H31N3O3/c1-22(26-17-16-25-14-8-9-15-27(25)18-26)32-30(36)29-28(21-35)33(19-23-10-4-2-5-11-23)31(37)34(29)20-24-12-6-3-7-13-24/h2-18,22,28-29,35H,19-21H2,1H3,(H,32,36)/t22?,28-,29-/m0/s1. The van der Waals surface area contributed by atoms with Crippen molar-refractivity contribution in [1.29, 1.82) is 0 Å². The quantitative estimate of drug-likeness (QED) is 0.367. The molecule has 0 aliphatic carbocycles. The third kappa shape index (κ3) is 5.20. The minimum Gasteiger partial charge on any atom is -0.394 e. The van der Waals surface area contributed by atoms with Crippen molar-refractivity contribution in [2.75, 3.05) is 6.61 Å². The number of urea groups is 1. The molecule has 188 valence electrons. The number of rotatable bonds is 8. The predicted octanol–water partition coefficient (Wildman–Crippen LogP) is 4.88. The number of carbonyl (C=O) groups is 2. The Morgan fingerprint density at radius 1 is 0.811 bits per heavy atom. The monoisotopic (exact) mass is 493 g/mol. The molecule has 37 heavy (non-hydrogen) atoms. The lowest BCUT2D eigenvalue weighted by molar-refractivity contribution is -0.127. The van der Waals surface area contributed by atoms with Crippen LogP contribution in [0.1, 0.15) is 29.7 Å². The Kier molecular flexibility index (Phi) is 7.19. The fourth-order valence-corrected chi connectivity index (χ4v) is 5.09. The van der Waals surface area contributed by atoms with Gasteiger partial charge in [-0.1, -0.05) is 97.1 Å². The van der Waals surface area contributed by atoms with E-state index in [9.17, 15) is 14.7 Å². The summed E-state index contributed by atoms with van der Waals surface area (Å²) in [4.78, 5) is 30.6. The number of aliphatic hydroxyl groups excluding tert-OH is 1. The highest BCUT2D eigenvalue weighted by Crippen LogP contribution is 2.28. The second kappa shape index (κ2) is 10.8. The number of amides is 3. The Bertz CT molecular complexity index is 1380. The maximum Gasteiger partial charge on any atom is 0.321 e. The maximum atomic E-state index is 13.8. The largest absolute Gasteiger partial charge is 0.394 e. The third-order valence-electron chi connectivity index (χ3n) is 7.07. The van der Waals surface area contributed by atoms with Gasteiger partial charge in [-0.3, -0.25) is 4.79 Å². The van der Waals surface area contributed by atoms with Gasteiger partial charge in [-0.25, -0.2) is 4.79 Å². The summed E-state index contributed by atoms with van der Waals surface area (Å²) in [5.74, 6) is -0.278. The van der Waals surface area contributed by atoms with E-state index in [1.165, 1.54) is 0 Å². The molecule has 0 aromatic heterocycles. The van der Waals surface area contributed by atoms with Crippen LogP contribution in [0.5, 0.6) is 0 Å². The number of nitrogens with zero attached hydrogens (tertiary/aromatic N) is 2. The van der Waals surface area contributed by atoms with E-state index >= 15 is 0 Å². The zero-order valence-corrected chi connectivity index (χ0v) is 20.8. The van der Waals surface area contributed by atoms with Crippen molar-refractivity contribution < 1.29 is 14.7 Å². The van der Waals surface area contributed by atoms with Crippen molar-refractivity contribution in [3.8, 4) is 0 Å². The molecule has 1 aliphatic rings. The van der Waals surface area contributed by atoms with Crippen molar-refractivity contribution >= 4 is 22.7 Å². The minimum atomic E-state index is -0.829. The van der Waals surface area contributed by atoms with Crippen LogP contribution in [0.2, 0.25) is 0 Å². The van der Waals surface area contributed by atoms with Crippen molar-refractivity contribution in [1.82, 2.24) is 15.1 Å². The zero-order valence-electron chi connectivity index (χ0n) is 20.8. The summed E-state index contributed by atoms with van der Waals surface area (Å²) in [5, 5.41) is 15.8. The molecule has 0 spiro atoms. The van der Waals surface area contributed by atoms with Crippen LogP contribution < -0.4 is 5.32 Å². The van der Waals surface area contributed by atoms with Crippen molar-refractivity contribution in [3.63, 3.8) is 0 Å². The zero-order chi connectivity index (χ0) is 25.8. The van der Waals surface area contributed by atoms with Gasteiger partial charge in [0.05, 0.1) is 18.7 Å². The van der Waals surface area contributed by atoms with Crippen LogP contribution in [0.3, 0.4) is 0 Å². The molecule has 4 aromatic carbocycles. The lowest BCUT2D eigenvalue weighted by Gasteiger charge is -2.27. The first-order valence-electron chi connectivity index (χ1n) is 12.6. The predicted molar refractivity (Wildman–Crippen MR) is 145 cm³/mol. The summed E-state index contributed by atoms with van der Waals surface area (Å²) in [6.45, 7) is 2.23. The molecule has 1 saturated heterocycles. The Balaban J connectivity index is 1.42. The van der Waals surface area contributed by atoms with Gasteiger partial charge in [-0.15, -0.1) is 0 Å². The van der Waals surface area contributed by atoms with E-state index in [-0.39, 0.29) is 31.1 Å². The molecule has 6 nitrogen and oxygen atoms in total. The van der Waals surface area contributed by atoms with E-state index in [2.05, 4.69) is 17.4 Å². The molecular weight excluding hydrogens is 462 g/mol. The van der Waals surface area contributed by atoms with Crippen LogP contribution in [0.25, 0.3) is 10.8 Å². The van der Waals surface area contributed by atoms with E-state index in [0.717, 1.165) is 27.5 Å². The fourth-order valence-electron chi connectivity index (χ4n) is 5.09. The second-order valence-corrected chi connectivity index (χ2v) is 9.54. The van der Waals surface area contributed by atoms with Crippen LogP contribution >= 0.6 is 0 Å². The molecule has 1 unspecified atom stereocenters. The lowest BCUT2D eigenvalue weighted by atomic mass is 10.0. The highest BCUT2D eigenvalue weighted by Gasteiger charge is 2.49. The molecule has 6 heteroatoms. The average Bonchev–Trinajstić information content (AvgIpc) is 3.19. The molecular formula is C31H31N3O3. The molecule has 0 radical (unpaired) electrons. The summed E-state index contributed by atoms with van der Waals surface area (Å²) in [7, 11) is 0. The molecule has 1 aliphatic heterocycles. The van der Waals surface area contributed by atoms with E-state index in [1.54, 1.807) is 9.80 Å². The van der Waals surface area contributed by atoms with Gasteiger partial charge >= 0.3 is 6.03 Å². The SMILES string of the molecule is CC(NC(=O)[C@@H]1[C@H](CO)N(Cc2ccccc2)C(=O)N1Cc1ccccc1)c1ccc2ccccc2c1. The lowest BCUT2D eigenvalue weighted by Crippen LogP contribution is -2.50. The van der Waals surface area contributed by atoms with Gasteiger partial charge in [0.1, 0.15) is 6.04 Å². The normalized spacial score (nSPS) is 18.3. The van der Waals surface area contributed by atoms with Gasteiger partial charge in [-0.05, 0) is 40.5 Å². The van der Waals surface area contributed by atoms with Crippen molar-refractivity contribution in [3.05, 3.63) is 120 Å². The number of benzene rings is 4. The summed E-state index contributed by atoms with van der Waals surface area (Å²) in [6.07, 6.45) is 0. The number of hydrogen-bond acceptors (Lipinski definition) is 3. The Hall–Kier alpha value is -4.16. The van der Waals surface area contributed by atoms with Crippen molar-refractivity contribution in [2.24, 2.45) is 0 Å². The topological polar surface area (TPSA) is 72.9 Å². The molecule has 3 atom stereocenters. The van der Waals surface area contributed by atoms with E-state index < -0.39 is 12.1 Å². The molecule has 1 heterocycles. The molecule has 1 fully saturated rings. The Morgan fingerprint density at radius 2 is 1.38 bits per heavy atom. The second-order valence-electron chi connectivity index (χ2n) is 9.54. The fraction of sp³-hybridized carbons (Fsp3) is 0.226. The first-order valence-corrected chi connectivity index (χ1v) is 12.6. The molecule has 0 bridgehead atoms. The summed E-state index contributed by atoms with van der Waals surface area (Å²) >= 11 is 0. The minimum absolute atomic E-state index is 0.259. The van der Waals surface area contributed by atoms with Gasteiger partial charge in [0, 0.05) is 13.1 Å². The number of aliphatic hydroxyl groups is 1. The van der Waals surface area contributed by atoms with Gasteiger partial charge in [0.15, 0.2) is 0 Å². The van der Waals surface area contributed by atoms with Crippen LogP contribution in [-0.2, 0) is 17.9 Å². The van der Waals surface area contributed by atoms with Crippen molar-refractivity contribution in [2.45, 2.75) is 38.1 Å². The number of hydrogen-bond donors (Lipinski definition) is 2. The van der Waals surface area contributed by atoms with Gasteiger partial charge < -0.3 is 20.2 Å². The van der Waals surface area contributed by atoms with Gasteiger partial charge in [0.25, 0.3) is 0 Å². The van der Waals surface area contributed by atoms with Crippen LogP contribution in [0.4, 0.5) is 4.79 Å². The maximum absolute atomic E-state index is 13.8. The van der Waals surface area contributed by atoms with E-state index in [0.29, 0.717) is 6.54 Å². The molecule has 3 amide bonds. The van der Waals surface area contributed by atoms with Crippen LogP contribution in [0, 0.1) is 0 Å². The number of carbonyl (C=O) groups excluding carboxylic acids is 2. The van der Waals surface area contributed by atoms with E-state index in [1.807, 2.05) is 97.9 Å². The molecule has 2 N–H and O–H groups in total. The molecule has 0 saturated carbocycles. The average molecular weight is 494 g/mol.